The van der Waals surface area contributed by atoms with Crippen LogP contribution in [0.15, 0.2) is 47.6 Å². The Bertz CT molecular complexity index is 1490. The molecule has 1 fully saturated rings. The summed E-state index contributed by atoms with van der Waals surface area (Å²) >= 11 is 0. The van der Waals surface area contributed by atoms with Crippen LogP contribution in [0.3, 0.4) is 0 Å². The van der Waals surface area contributed by atoms with Gasteiger partial charge < -0.3 is 9.64 Å². The van der Waals surface area contributed by atoms with Crippen LogP contribution in [0.4, 0.5) is 5.82 Å². The fourth-order valence-corrected chi connectivity index (χ4v) is 6.67. The third kappa shape index (κ3) is 4.28. The highest BCUT2D eigenvalue weighted by molar-refractivity contribution is 7.89. The number of piperazine rings is 1. The Labute approximate surface area is 210 Å². The van der Waals surface area contributed by atoms with Gasteiger partial charge in [-0.05, 0) is 63.1 Å². The predicted molar refractivity (Wildman–Crippen MR) is 137 cm³/mol. The number of anilines is 1. The molecule has 0 N–H and O–H groups in total. The minimum Gasteiger partial charge on any atom is -0.494 e. The molecule has 5 rings (SSSR count). The number of nitrogens with zero attached hydrogens (tertiary/aromatic N) is 7. The number of rotatable bonds is 6. The molecule has 0 spiro atoms. The van der Waals surface area contributed by atoms with Gasteiger partial charge in [-0.1, -0.05) is 22.9 Å². The lowest BCUT2D eigenvalue weighted by Gasteiger charge is -2.35. The lowest BCUT2D eigenvalue weighted by molar-refractivity contribution is 0.340. The smallest absolute Gasteiger partial charge is 0.243 e. The van der Waals surface area contributed by atoms with Crippen molar-refractivity contribution >= 4 is 27.0 Å². The standard InChI is InChI=1S/C25H29N7O3S/c1-5-35-21-8-6-20(7-9-21)32-25-22(28-29-32)24(26-16-27-25)30-10-12-31(13-11-30)36(33,34)23-18(3)14-17(2)15-19(23)4/h6-9,14-16H,5,10-13H2,1-4H3. The van der Waals surface area contributed by atoms with Crippen LogP contribution in [0, 0.1) is 20.8 Å². The summed E-state index contributed by atoms with van der Waals surface area (Å²) < 4.78 is 35.7. The Morgan fingerprint density at radius 2 is 1.61 bits per heavy atom. The summed E-state index contributed by atoms with van der Waals surface area (Å²) in [7, 11) is -3.60. The number of benzene rings is 2. The van der Waals surface area contributed by atoms with Gasteiger partial charge in [0.25, 0.3) is 0 Å². The van der Waals surface area contributed by atoms with E-state index in [9.17, 15) is 8.42 Å². The van der Waals surface area contributed by atoms with E-state index in [1.54, 1.807) is 8.99 Å². The summed E-state index contributed by atoms with van der Waals surface area (Å²) in [6, 6.07) is 11.4. The maximum Gasteiger partial charge on any atom is 0.243 e. The van der Waals surface area contributed by atoms with Gasteiger partial charge >= 0.3 is 0 Å². The fraction of sp³-hybridized carbons (Fsp3) is 0.360. The molecule has 0 atom stereocenters. The molecule has 3 heterocycles. The van der Waals surface area contributed by atoms with Crippen molar-refractivity contribution < 1.29 is 13.2 Å². The molecule has 0 saturated carbocycles. The lowest BCUT2D eigenvalue weighted by atomic mass is 10.1. The molecule has 1 aliphatic heterocycles. The maximum absolute atomic E-state index is 13.5. The van der Waals surface area contributed by atoms with Crippen molar-refractivity contribution in [2.75, 3.05) is 37.7 Å². The van der Waals surface area contributed by atoms with Crippen molar-refractivity contribution in [3.8, 4) is 11.4 Å². The summed E-state index contributed by atoms with van der Waals surface area (Å²) in [4.78, 5) is 11.3. The SMILES string of the molecule is CCOc1ccc(-n2nnc3c(N4CCN(S(=O)(=O)c5c(C)cc(C)cc5C)CC4)ncnc32)cc1. The predicted octanol–water partition coefficient (Wildman–Crippen LogP) is 3.05. The van der Waals surface area contributed by atoms with E-state index >= 15 is 0 Å². The third-order valence-electron chi connectivity index (χ3n) is 6.35. The van der Waals surface area contributed by atoms with Crippen molar-refractivity contribution in [3.63, 3.8) is 0 Å². The molecule has 36 heavy (non-hydrogen) atoms. The largest absolute Gasteiger partial charge is 0.494 e. The Hall–Kier alpha value is -3.57. The van der Waals surface area contributed by atoms with E-state index in [4.69, 9.17) is 4.74 Å². The average molecular weight is 508 g/mol. The zero-order valence-corrected chi connectivity index (χ0v) is 21.7. The molecule has 0 bridgehead atoms. The van der Waals surface area contributed by atoms with E-state index in [1.807, 2.05) is 69.0 Å². The fourth-order valence-electron chi connectivity index (χ4n) is 4.84. The summed E-state index contributed by atoms with van der Waals surface area (Å²) in [6.45, 7) is 9.92. The molecule has 0 aliphatic carbocycles. The van der Waals surface area contributed by atoms with Gasteiger partial charge in [0.2, 0.25) is 10.0 Å². The first kappa shape index (κ1) is 24.1. The minimum absolute atomic E-state index is 0.355. The topological polar surface area (TPSA) is 106 Å². The van der Waals surface area contributed by atoms with Gasteiger partial charge in [0, 0.05) is 26.2 Å². The lowest BCUT2D eigenvalue weighted by Crippen LogP contribution is -2.49. The number of hydrogen-bond donors (Lipinski definition) is 0. The summed E-state index contributed by atoms with van der Waals surface area (Å²) in [5.74, 6) is 1.43. The first-order chi connectivity index (χ1) is 17.3. The molecule has 11 heteroatoms. The zero-order valence-electron chi connectivity index (χ0n) is 20.8. The molecular formula is C25H29N7O3S. The molecule has 1 aliphatic rings. The van der Waals surface area contributed by atoms with E-state index in [0.29, 0.717) is 54.7 Å². The quantitative estimate of drug-likeness (QED) is 0.392. The van der Waals surface area contributed by atoms with E-state index in [-0.39, 0.29) is 0 Å². The Morgan fingerprint density at radius 1 is 0.944 bits per heavy atom. The molecule has 10 nitrogen and oxygen atoms in total. The van der Waals surface area contributed by atoms with E-state index in [2.05, 4.69) is 20.3 Å². The summed E-state index contributed by atoms with van der Waals surface area (Å²) in [5, 5.41) is 8.67. The van der Waals surface area contributed by atoms with Gasteiger partial charge in [0.15, 0.2) is 17.0 Å². The molecule has 0 unspecified atom stereocenters. The Balaban J connectivity index is 1.38. The van der Waals surface area contributed by atoms with Crippen LogP contribution in [0.25, 0.3) is 16.9 Å². The highest BCUT2D eigenvalue weighted by Gasteiger charge is 2.32. The second-order valence-electron chi connectivity index (χ2n) is 8.92. The number of aromatic nitrogens is 5. The van der Waals surface area contributed by atoms with Crippen molar-refractivity contribution in [2.24, 2.45) is 0 Å². The van der Waals surface area contributed by atoms with Gasteiger partial charge in [-0.25, -0.2) is 18.4 Å². The van der Waals surface area contributed by atoms with Crippen LogP contribution in [0.5, 0.6) is 5.75 Å². The van der Waals surface area contributed by atoms with E-state index < -0.39 is 10.0 Å². The van der Waals surface area contributed by atoms with Gasteiger partial charge in [-0.2, -0.15) is 8.99 Å². The number of sulfonamides is 1. The molecule has 0 amide bonds. The van der Waals surface area contributed by atoms with Crippen molar-refractivity contribution in [3.05, 3.63) is 59.4 Å². The monoisotopic (exact) mass is 507 g/mol. The Morgan fingerprint density at radius 3 is 2.25 bits per heavy atom. The molecule has 1 saturated heterocycles. The van der Waals surface area contributed by atoms with Gasteiger partial charge in [-0.15, -0.1) is 5.10 Å². The van der Waals surface area contributed by atoms with Gasteiger partial charge in [-0.3, -0.25) is 0 Å². The van der Waals surface area contributed by atoms with E-state index in [0.717, 1.165) is 28.1 Å². The maximum atomic E-state index is 13.5. The second-order valence-corrected chi connectivity index (χ2v) is 10.8. The highest BCUT2D eigenvalue weighted by atomic mass is 32.2. The number of hydrogen-bond acceptors (Lipinski definition) is 8. The molecule has 2 aromatic heterocycles. The van der Waals surface area contributed by atoms with Crippen LogP contribution in [-0.2, 0) is 10.0 Å². The number of aryl methyl sites for hydroxylation is 3. The van der Waals surface area contributed by atoms with Crippen LogP contribution >= 0.6 is 0 Å². The summed E-state index contributed by atoms with van der Waals surface area (Å²) in [6.07, 6.45) is 1.49. The van der Waals surface area contributed by atoms with Crippen molar-refractivity contribution in [1.82, 2.24) is 29.3 Å². The number of fused-ring (bicyclic) bond motifs is 1. The first-order valence-electron chi connectivity index (χ1n) is 11.9. The second kappa shape index (κ2) is 9.47. The van der Waals surface area contributed by atoms with Crippen molar-refractivity contribution in [1.29, 1.82) is 0 Å². The number of ether oxygens (including phenoxy) is 1. The average Bonchev–Trinajstić information content (AvgIpc) is 3.28. The van der Waals surface area contributed by atoms with Crippen LogP contribution in [0.1, 0.15) is 23.6 Å². The van der Waals surface area contributed by atoms with Gasteiger partial charge in [0.05, 0.1) is 17.2 Å². The van der Waals surface area contributed by atoms with Crippen molar-refractivity contribution in [2.45, 2.75) is 32.6 Å². The van der Waals surface area contributed by atoms with Crippen LogP contribution in [0.2, 0.25) is 0 Å². The molecule has 2 aromatic carbocycles. The third-order valence-corrected chi connectivity index (χ3v) is 8.56. The van der Waals surface area contributed by atoms with Crippen LogP contribution < -0.4 is 9.64 Å². The highest BCUT2D eigenvalue weighted by Crippen LogP contribution is 2.28. The molecule has 188 valence electrons. The minimum atomic E-state index is -3.60. The molecular weight excluding hydrogens is 478 g/mol. The zero-order chi connectivity index (χ0) is 25.4. The van der Waals surface area contributed by atoms with Crippen LogP contribution in [-0.4, -0.2) is 70.5 Å². The molecule has 4 aromatic rings. The normalized spacial score (nSPS) is 14.9. The molecule has 0 radical (unpaired) electrons. The van der Waals surface area contributed by atoms with E-state index in [1.165, 1.54) is 6.33 Å². The summed E-state index contributed by atoms with van der Waals surface area (Å²) in [5.41, 5.74) is 4.58. The first-order valence-corrected chi connectivity index (χ1v) is 13.4. The van der Waals surface area contributed by atoms with Gasteiger partial charge in [0.1, 0.15) is 12.1 Å². The Kier molecular flexibility index (Phi) is 6.35.